The monoisotopic (exact) mass is 947 g/mol. The number of hydrogen-bond acceptors (Lipinski definition) is 6. The third-order valence-electron chi connectivity index (χ3n) is 14.0. The third kappa shape index (κ3) is 55.2. The lowest BCUT2D eigenvalue weighted by molar-refractivity contribution is -0.167. The summed E-state index contributed by atoms with van der Waals surface area (Å²) in [6.07, 6.45) is 61.0. The van der Waals surface area contributed by atoms with E-state index < -0.39 is 6.10 Å². The van der Waals surface area contributed by atoms with Crippen molar-refractivity contribution in [3.05, 3.63) is 0 Å². The van der Waals surface area contributed by atoms with Crippen LogP contribution >= 0.6 is 0 Å². The van der Waals surface area contributed by atoms with Gasteiger partial charge >= 0.3 is 17.9 Å². The summed E-state index contributed by atoms with van der Waals surface area (Å²) in [5.41, 5.74) is 0. The Bertz CT molecular complexity index is 1010. The molecule has 0 aliphatic rings. The molecule has 0 amide bonds. The Balaban J connectivity index is 4.25. The van der Waals surface area contributed by atoms with Gasteiger partial charge < -0.3 is 14.2 Å². The van der Waals surface area contributed by atoms with E-state index >= 15 is 0 Å². The van der Waals surface area contributed by atoms with E-state index in [2.05, 4.69) is 27.7 Å². The molecule has 0 N–H and O–H groups in total. The van der Waals surface area contributed by atoms with Crippen LogP contribution in [0.3, 0.4) is 0 Å². The molecule has 0 aromatic rings. The van der Waals surface area contributed by atoms with Crippen LogP contribution < -0.4 is 0 Å². The van der Waals surface area contributed by atoms with E-state index in [0.717, 1.165) is 63.7 Å². The van der Waals surface area contributed by atoms with Gasteiger partial charge in [0.15, 0.2) is 6.10 Å². The topological polar surface area (TPSA) is 78.9 Å². The van der Waals surface area contributed by atoms with Crippen molar-refractivity contribution in [3.8, 4) is 0 Å². The first kappa shape index (κ1) is 65.4. The minimum atomic E-state index is -0.762. The average molecular weight is 948 g/mol. The van der Waals surface area contributed by atoms with Gasteiger partial charge in [-0.25, -0.2) is 0 Å². The van der Waals surface area contributed by atoms with E-state index in [1.165, 1.54) is 244 Å². The van der Waals surface area contributed by atoms with Crippen molar-refractivity contribution in [1.82, 2.24) is 0 Å². The number of hydrogen-bond donors (Lipinski definition) is 0. The van der Waals surface area contributed by atoms with E-state index in [0.29, 0.717) is 19.3 Å². The lowest BCUT2D eigenvalue weighted by Gasteiger charge is -2.18. The number of esters is 3. The predicted octanol–water partition coefficient (Wildman–Crippen LogP) is 20.2. The number of ether oxygens (including phenoxy) is 3. The molecular weight excluding hydrogens is 829 g/mol. The van der Waals surface area contributed by atoms with Crippen LogP contribution in [-0.2, 0) is 28.6 Å². The zero-order chi connectivity index (χ0) is 48.8. The number of carbonyl (C=O) groups is 3. The summed E-state index contributed by atoms with van der Waals surface area (Å²) in [4.78, 5) is 38.2. The van der Waals surface area contributed by atoms with Gasteiger partial charge in [0.25, 0.3) is 0 Å². The van der Waals surface area contributed by atoms with Gasteiger partial charge in [0.2, 0.25) is 0 Å². The molecule has 0 aliphatic carbocycles. The van der Waals surface area contributed by atoms with E-state index in [1.807, 2.05) is 0 Å². The molecule has 0 radical (unpaired) electrons. The van der Waals surface area contributed by atoms with Gasteiger partial charge in [-0.1, -0.05) is 310 Å². The Morgan fingerprint density at radius 1 is 0.284 bits per heavy atom. The van der Waals surface area contributed by atoms with Gasteiger partial charge in [-0.3, -0.25) is 14.4 Å². The maximum Gasteiger partial charge on any atom is 0.306 e. The second kappa shape index (κ2) is 55.3. The number of unbranched alkanes of at least 4 members (excludes halogenated alkanes) is 43. The van der Waals surface area contributed by atoms with E-state index in [1.54, 1.807) is 0 Å². The zero-order valence-corrected chi connectivity index (χ0v) is 45.9. The number of carbonyl (C=O) groups excluding carboxylic acids is 3. The summed E-state index contributed by atoms with van der Waals surface area (Å²) in [7, 11) is 0. The molecule has 0 unspecified atom stereocenters. The van der Waals surface area contributed by atoms with Crippen LogP contribution in [0.4, 0.5) is 0 Å². The van der Waals surface area contributed by atoms with Crippen LogP contribution in [0.15, 0.2) is 0 Å². The molecule has 6 heteroatoms. The first-order chi connectivity index (χ1) is 32.9. The maximum absolute atomic E-state index is 12.9. The molecule has 0 rings (SSSR count). The van der Waals surface area contributed by atoms with Crippen molar-refractivity contribution in [3.63, 3.8) is 0 Å². The van der Waals surface area contributed by atoms with Gasteiger partial charge in [-0.2, -0.15) is 0 Å². The SMILES string of the molecule is CCCCCCCCCCCCCCCCCC(=O)OC[C@H](COC(=O)CCCCCCCCCCCCCCC)OC(=O)CCCCCCCCCCCCCCCCCCCCC(C)C. The Kier molecular flexibility index (Phi) is 54.0. The van der Waals surface area contributed by atoms with E-state index in [4.69, 9.17) is 14.2 Å². The number of rotatable bonds is 56. The molecule has 0 aromatic carbocycles. The van der Waals surface area contributed by atoms with Crippen molar-refractivity contribution in [2.24, 2.45) is 5.92 Å². The predicted molar refractivity (Wildman–Crippen MR) is 289 cm³/mol. The van der Waals surface area contributed by atoms with E-state index in [9.17, 15) is 14.4 Å². The van der Waals surface area contributed by atoms with Crippen molar-refractivity contribution in [2.45, 2.75) is 355 Å². The van der Waals surface area contributed by atoms with Crippen LogP contribution in [0.2, 0.25) is 0 Å². The highest BCUT2D eigenvalue weighted by molar-refractivity contribution is 5.71. The molecule has 0 fully saturated rings. The quantitative estimate of drug-likeness (QED) is 0.0343. The molecule has 0 heterocycles. The van der Waals surface area contributed by atoms with Gasteiger partial charge in [0.05, 0.1) is 0 Å². The van der Waals surface area contributed by atoms with E-state index in [-0.39, 0.29) is 31.1 Å². The molecule has 1 atom stereocenters. The molecule has 6 nitrogen and oxygen atoms in total. The lowest BCUT2D eigenvalue weighted by Crippen LogP contribution is -2.30. The first-order valence-corrected chi connectivity index (χ1v) is 30.4. The normalized spacial score (nSPS) is 12.0. The summed E-state index contributed by atoms with van der Waals surface area (Å²) in [6.45, 7) is 9.08. The smallest absolute Gasteiger partial charge is 0.306 e. The summed E-state index contributed by atoms with van der Waals surface area (Å²) in [5, 5.41) is 0. The minimum Gasteiger partial charge on any atom is -0.462 e. The highest BCUT2D eigenvalue weighted by Gasteiger charge is 2.19. The maximum atomic E-state index is 12.9. The van der Waals surface area contributed by atoms with Crippen LogP contribution in [0.5, 0.6) is 0 Å². The van der Waals surface area contributed by atoms with Crippen LogP contribution in [0, 0.1) is 5.92 Å². The fourth-order valence-corrected chi connectivity index (χ4v) is 9.46. The Labute approximate surface area is 418 Å². The highest BCUT2D eigenvalue weighted by atomic mass is 16.6. The third-order valence-corrected chi connectivity index (χ3v) is 14.0. The minimum absolute atomic E-state index is 0.0614. The van der Waals surface area contributed by atoms with Crippen LogP contribution in [-0.4, -0.2) is 37.2 Å². The van der Waals surface area contributed by atoms with Crippen molar-refractivity contribution >= 4 is 17.9 Å². The highest BCUT2D eigenvalue weighted by Crippen LogP contribution is 2.18. The van der Waals surface area contributed by atoms with Crippen molar-refractivity contribution in [1.29, 1.82) is 0 Å². The van der Waals surface area contributed by atoms with Crippen LogP contribution in [0.1, 0.15) is 349 Å². The summed E-state index contributed by atoms with van der Waals surface area (Å²) in [6, 6.07) is 0. The first-order valence-electron chi connectivity index (χ1n) is 30.4. The molecule has 398 valence electrons. The van der Waals surface area contributed by atoms with Gasteiger partial charge in [0.1, 0.15) is 13.2 Å². The summed E-state index contributed by atoms with van der Waals surface area (Å²) >= 11 is 0. The Morgan fingerprint density at radius 2 is 0.493 bits per heavy atom. The van der Waals surface area contributed by atoms with Gasteiger partial charge in [-0.15, -0.1) is 0 Å². The molecule has 0 aliphatic heterocycles. The zero-order valence-electron chi connectivity index (χ0n) is 45.9. The summed E-state index contributed by atoms with van der Waals surface area (Å²) < 4.78 is 16.9. The fourth-order valence-electron chi connectivity index (χ4n) is 9.46. The molecule has 0 aromatic heterocycles. The molecule has 0 spiro atoms. The van der Waals surface area contributed by atoms with Crippen LogP contribution in [0.25, 0.3) is 0 Å². The second-order valence-electron chi connectivity index (χ2n) is 21.5. The molecule has 0 bridgehead atoms. The van der Waals surface area contributed by atoms with Crippen molar-refractivity contribution in [2.75, 3.05) is 13.2 Å². The van der Waals surface area contributed by atoms with Crippen molar-refractivity contribution < 1.29 is 28.6 Å². The average Bonchev–Trinajstić information content (AvgIpc) is 3.31. The Morgan fingerprint density at radius 3 is 0.731 bits per heavy atom. The molecule has 0 saturated carbocycles. The van der Waals surface area contributed by atoms with Gasteiger partial charge in [0, 0.05) is 19.3 Å². The standard InChI is InChI=1S/C61H118O6/c1-5-7-9-11-13-15-17-19-24-29-33-37-41-45-49-53-60(63)66-56-58(55-65-59(62)52-48-44-40-36-32-27-18-16-14-12-10-8-6-2)67-61(64)54-50-46-42-38-34-30-26-23-21-20-22-25-28-31-35-39-43-47-51-57(3)4/h57-58H,5-56H2,1-4H3/t58-/m0/s1. The summed E-state index contributed by atoms with van der Waals surface area (Å²) in [5.74, 6) is 0.0270. The molecular formula is C61H118O6. The molecule has 0 saturated heterocycles. The lowest BCUT2D eigenvalue weighted by atomic mass is 10.0. The second-order valence-corrected chi connectivity index (χ2v) is 21.5. The largest absolute Gasteiger partial charge is 0.462 e. The fraction of sp³-hybridized carbons (Fsp3) is 0.951. The Hall–Kier alpha value is -1.59. The molecule has 67 heavy (non-hydrogen) atoms. The van der Waals surface area contributed by atoms with Gasteiger partial charge in [-0.05, 0) is 25.2 Å².